The van der Waals surface area contributed by atoms with Crippen LogP contribution in [-0.2, 0) is 16.1 Å². The normalized spacial score (nSPS) is 12.2. The maximum Gasteiger partial charge on any atom is 0.320 e. The molecule has 116 valence electrons. The molecule has 0 saturated carbocycles. The number of benzene rings is 1. The van der Waals surface area contributed by atoms with Crippen molar-refractivity contribution in [2.24, 2.45) is 5.92 Å². The highest BCUT2D eigenvalue weighted by Crippen LogP contribution is 2.06. The van der Waals surface area contributed by atoms with Crippen molar-refractivity contribution in [2.75, 3.05) is 13.6 Å². The smallest absolute Gasteiger partial charge is 0.320 e. The lowest BCUT2D eigenvalue weighted by atomic mass is 10.0. The summed E-state index contributed by atoms with van der Waals surface area (Å²) < 4.78 is 0. The van der Waals surface area contributed by atoms with Gasteiger partial charge in [-0.3, -0.25) is 14.9 Å². The number of carbonyl (C=O) groups excluding carboxylic acids is 1. The zero-order valence-electron chi connectivity index (χ0n) is 12.9. The molecule has 5 nitrogen and oxygen atoms in total. The minimum atomic E-state index is -0.915. The van der Waals surface area contributed by atoms with E-state index in [9.17, 15) is 9.59 Å². The number of hydrogen-bond donors (Lipinski definition) is 2. The molecule has 0 aliphatic heterocycles. The SMILES string of the molecule is CC(C)CC(NCC(=O)N(C)Cc1ccccc1)C(=O)O. The average molecular weight is 292 g/mol. The van der Waals surface area contributed by atoms with E-state index in [1.54, 1.807) is 11.9 Å². The molecule has 2 N–H and O–H groups in total. The average Bonchev–Trinajstić information content (AvgIpc) is 2.43. The Morgan fingerprint density at radius 1 is 1.24 bits per heavy atom. The number of likely N-dealkylation sites (N-methyl/N-ethyl adjacent to an activating group) is 1. The standard InChI is InChI=1S/C16H24N2O3/c1-12(2)9-14(16(20)21)17-10-15(19)18(3)11-13-7-5-4-6-8-13/h4-8,12,14,17H,9-11H2,1-3H3,(H,20,21). The van der Waals surface area contributed by atoms with Gasteiger partial charge in [-0.1, -0.05) is 44.2 Å². The maximum atomic E-state index is 12.0. The molecule has 1 atom stereocenters. The zero-order chi connectivity index (χ0) is 15.8. The minimum absolute atomic E-state index is 0.0347. The predicted octanol–water partition coefficient (Wildman–Crippen LogP) is 1.73. The van der Waals surface area contributed by atoms with Crippen molar-refractivity contribution in [1.82, 2.24) is 10.2 Å². The largest absolute Gasteiger partial charge is 0.480 e. The van der Waals surface area contributed by atoms with Crippen molar-refractivity contribution in [3.05, 3.63) is 35.9 Å². The molecule has 0 saturated heterocycles. The fourth-order valence-electron chi connectivity index (χ4n) is 2.03. The molecule has 0 fully saturated rings. The number of carboxylic acid groups (broad SMARTS) is 1. The lowest BCUT2D eigenvalue weighted by Crippen LogP contribution is -2.44. The molecule has 1 rings (SSSR count). The van der Waals surface area contributed by atoms with Crippen molar-refractivity contribution in [2.45, 2.75) is 32.9 Å². The van der Waals surface area contributed by atoms with Gasteiger partial charge in [0.15, 0.2) is 0 Å². The quantitative estimate of drug-likeness (QED) is 0.765. The van der Waals surface area contributed by atoms with E-state index in [-0.39, 0.29) is 18.4 Å². The summed E-state index contributed by atoms with van der Waals surface area (Å²) in [4.78, 5) is 24.7. The Kier molecular flexibility index (Phi) is 6.88. The Hall–Kier alpha value is -1.88. The maximum absolute atomic E-state index is 12.0. The second-order valence-electron chi connectivity index (χ2n) is 5.64. The van der Waals surface area contributed by atoms with E-state index in [4.69, 9.17) is 5.11 Å². The van der Waals surface area contributed by atoms with Crippen LogP contribution in [0.3, 0.4) is 0 Å². The van der Waals surface area contributed by atoms with E-state index in [1.807, 2.05) is 44.2 Å². The topological polar surface area (TPSA) is 69.6 Å². The fraction of sp³-hybridized carbons (Fsp3) is 0.500. The van der Waals surface area contributed by atoms with Crippen LogP contribution in [0.2, 0.25) is 0 Å². The van der Waals surface area contributed by atoms with Gasteiger partial charge in [0.25, 0.3) is 0 Å². The van der Waals surface area contributed by atoms with Gasteiger partial charge in [0, 0.05) is 13.6 Å². The Balaban J connectivity index is 2.46. The van der Waals surface area contributed by atoms with Gasteiger partial charge in [-0.25, -0.2) is 0 Å². The zero-order valence-corrected chi connectivity index (χ0v) is 12.9. The molecule has 21 heavy (non-hydrogen) atoms. The number of carbonyl (C=O) groups is 2. The molecule has 1 amide bonds. The summed E-state index contributed by atoms with van der Waals surface area (Å²) in [5, 5.41) is 11.9. The molecule has 0 aliphatic rings. The second kappa shape index (κ2) is 8.42. The van der Waals surface area contributed by atoms with Crippen LogP contribution in [-0.4, -0.2) is 41.5 Å². The van der Waals surface area contributed by atoms with Gasteiger partial charge in [0.05, 0.1) is 6.54 Å². The van der Waals surface area contributed by atoms with Crippen LogP contribution in [0.25, 0.3) is 0 Å². The second-order valence-corrected chi connectivity index (χ2v) is 5.64. The minimum Gasteiger partial charge on any atom is -0.480 e. The molecule has 0 heterocycles. The van der Waals surface area contributed by atoms with Crippen LogP contribution in [0.4, 0.5) is 0 Å². The first kappa shape index (κ1) is 17.2. The van der Waals surface area contributed by atoms with Crippen LogP contribution in [0.1, 0.15) is 25.8 Å². The summed E-state index contributed by atoms with van der Waals surface area (Å²) >= 11 is 0. The summed E-state index contributed by atoms with van der Waals surface area (Å²) in [6, 6.07) is 9.01. The number of hydrogen-bond acceptors (Lipinski definition) is 3. The van der Waals surface area contributed by atoms with Gasteiger partial charge in [0.2, 0.25) is 5.91 Å². The Morgan fingerprint density at radius 2 is 1.86 bits per heavy atom. The van der Waals surface area contributed by atoms with Gasteiger partial charge in [-0.05, 0) is 17.9 Å². The monoisotopic (exact) mass is 292 g/mol. The molecule has 1 aromatic carbocycles. The summed E-state index contributed by atoms with van der Waals surface area (Å²) in [5.74, 6) is -0.771. The molecule has 1 aromatic rings. The van der Waals surface area contributed by atoms with Crippen molar-refractivity contribution in [3.63, 3.8) is 0 Å². The van der Waals surface area contributed by atoms with E-state index < -0.39 is 12.0 Å². The molecule has 0 bridgehead atoms. The predicted molar refractivity (Wildman–Crippen MR) is 81.8 cm³/mol. The van der Waals surface area contributed by atoms with Gasteiger partial charge in [-0.15, -0.1) is 0 Å². The van der Waals surface area contributed by atoms with Gasteiger partial charge in [-0.2, -0.15) is 0 Å². The molecule has 0 aromatic heterocycles. The first-order valence-corrected chi connectivity index (χ1v) is 7.14. The lowest BCUT2D eigenvalue weighted by Gasteiger charge is -2.20. The highest BCUT2D eigenvalue weighted by Gasteiger charge is 2.20. The summed E-state index contributed by atoms with van der Waals surface area (Å²) in [6.45, 7) is 4.47. The van der Waals surface area contributed by atoms with E-state index >= 15 is 0 Å². The van der Waals surface area contributed by atoms with E-state index in [0.29, 0.717) is 13.0 Å². The first-order chi connectivity index (χ1) is 9.90. The molecule has 1 unspecified atom stereocenters. The number of rotatable bonds is 8. The van der Waals surface area contributed by atoms with E-state index in [2.05, 4.69) is 5.32 Å². The summed E-state index contributed by atoms with van der Waals surface area (Å²) in [6.07, 6.45) is 0.505. The first-order valence-electron chi connectivity index (χ1n) is 7.14. The number of amides is 1. The van der Waals surface area contributed by atoms with Crippen LogP contribution in [0.5, 0.6) is 0 Å². The Bertz CT molecular complexity index is 460. The summed E-state index contributed by atoms with van der Waals surface area (Å²) in [5.41, 5.74) is 1.05. The van der Waals surface area contributed by atoms with Crippen LogP contribution in [0.15, 0.2) is 30.3 Å². The molecule has 0 radical (unpaired) electrons. The van der Waals surface area contributed by atoms with Gasteiger partial charge >= 0.3 is 5.97 Å². The third-order valence-corrected chi connectivity index (χ3v) is 3.19. The van der Waals surface area contributed by atoms with E-state index in [0.717, 1.165) is 5.56 Å². The third-order valence-electron chi connectivity index (χ3n) is 3.19. The van der Waals surface area contributed by atoms with Crippen molar-refractivity contribution in [3.8, 4) is 0 Å². The molecule has 0 aliphatic carbocycles. The Morgan fingerprint density at radius 3 is 2.38 bits per heavy atom. The molecule has 0 spiro atoms. The van der Waals surface area contributed by atoms with Gasteiger partial charge < -0.3 is 10.0 Å². The summed E-state index contributed by atoms with van der Waals surface area (Å²) in [7, 11) is 1.72. The highest BCUT2D eigenvalue weighted by atomic mass is 16.4. The molecular weight excluding hydrogens is 268 g/mol. The van der Waals surface area contributed by atoms with Crippen molar-refractivity contribution >= 4 is 11.9 Å². The number of carboxylic acids is 1. The molecular formula is C16H24N2O3. The van der Waals surface area contributed by atoms with Crippen molar-refractivity contribution in [1.29, 1.82) is 0 Å². The van der Waals surface area contributed by atoms with Crippen LogP contribution in [0, 0.1) is 5.92 Å². The molecule has 5 heteroatoms. The van der Waals surface area contributed by atoms with Crippen LogP contribution >= 0.6 is 0 Å². The number of nitrogens with one attached hydrogen (secondary N) is 1. The lowest BCUT2D eigenvalue weighted by molar-refractivity contribution is -0.140. The van der Waals surface area contributed by atoms with Gasteiger partial charge in [0.1, 0.15) is 6.04 Å². The van der Waals surface area contributed by atoms with E-state index in [1.165, 1.54) is 0 Å². The Labute approximate surface area is 126 Å². The van der Waals surface area contributed by atoms with Crippen LogP contribution < -0.4 is 5.32 Å². The van der Waals surface area contributed by atoms with Crippen molar-refractivity contribution < 1.29 is 14.7 Å². The number of aliphatic carboxylic acids is 1. The fourth-order valence-corrected chi connectivity index (χ4v) is 2.03. The third kappa shape index (κ3) is 6.40. The highest BCUT2D eigenvalue weighted by molar-refractivity contribution is 5.79. The number of nitrogens with zero attached hydrogens (tertiary/aromatic N) is 1.